The van der Waals surface area contributed by atoms with Gasteiger partial charge in [0.2, 0.25) is 5.16 Å². The van der Waals surface area contributed by atoms with Crippen LogP contribution in [-0.2, 0) is 12.2 Å². The minimum Gasteiger partial charge on any atom is -0.494 e. The average Bonchev–Trinajstić information content (AvgIpc) is 2.68. The van der Waals surface area contributed by atoms with E-state index in [0.717, 1.165) is 21.6 Å². The lowest BCUT2D eigenvalue weighted by Crippen LogP contribution is -2.33. The fourth-order valence-corrected chi connectivity index (χ4v) is 3.36. The Morgan fingerprint density at radius 3 is 2.41 bits per heavy atom. The maximum Gasteiger partial charge on any atom is 0.294 e. The molecule has 3 rings (SSSR count). The van der Waals surface area contributed by atoms with Gasteiger partial charge < -0.3 is 10.6 Å². The zero-order chi connectivity index (χ0) is 19.2. The summed E-state index contributed by atoms with van der Waals surface area (Å²) in [6, 6.07) is 15.0. The molecule has 2 N–H and O–H groups in total. The van der Waals surface area contributed by atoms with Gasteiger partial charge in [0, 0.05) is 17.2 Å². The van der Waals surface area contributed by atoms with Crippen molar-refractivity contribution in [1.82, 2.24) is 14.9 Å². The third-order valence-electron chi connectivity index (χ3n) is 3.82. The Bertz CT molecular complexity index is 959. The third kappa shape index (κ3) is 5.02. The summed E-state index contributed by atoms with van der Waals surface area (Å²) in [5, 5.41) is 9.24. The molecule has 8 heteroatoms. The first-order valence-electron chi connectivity index (χ1n) is 8.39. The predicted molar refractivity (Wildman–Crippen MR) is 108 cm³/mol. The minimum atomic E-state index is -0.350. The number of hydrogen-bond donors (Lipinski definition) is 1. The van der Waals surface area contributed by atoms with E-state index in [4.69, 9.17) is 22.2 Å². The first kappa shape index (κ1) is 19.3. The Labute approximate surface area is 166 Å². The van der Waals surface area contributed by atoms with Crippen molar-refractivity contribution in [2.45, 2.75) is 24.3 Å². The van der Waals surface area contributed by atoms with Crippen LogP contribution in [0.25, 0.3) is 0 Å². The van der Waals surface area contributed by atoms with Gasteiger partial charge in [-0.1, -0.05) is 47.6 Å². The van der Waals surface area contributed by atoms with Crippen LogP contribution in [0.2, 0.25) is 5.02 Å². The van der Waals surface area contributed by atoms with Crippen LogP contribution in [0.15, 0.2) is 58.5 Å². The molecule has 0 aliphatic rings. The molecule has 2 aromatic carbocycles. The molecule has 0 amide bonds. The second kappa shape index (κ2) is 8.92. The van der Waals surface area contributed by atoms with Crippen molar-refractivity contribution in [2.24, 2.45) is 0 Å². The van der Waals surface area contributed by atoms with Crippen molar-refractivity contribution in [3.05, 3.63) is 80.7 Å². The highest BCUT2D eigenvalue weighted by Crippen LogP contribution is 2.20. The first-order chi connectivity index (χ1) is 13.1. The lowest BCUT2D eigenvalue weighted by atomic mass is 10.1. The zero-order valence-electron chi connectivity index (χ0n) is 14.8. The van der Waals surface area contributed by atoms with Gasteiger partial charge in [-0.15, -0.1) is 10.2 Å². The molecule has 0 spiro atoms. The molecule has 0 radical (unpaired) electrons. The maximum atomic E-state index is 12.5. The van der Waals surface area contributed by atoms with Crippen molar-refractivity contribution >= 4 is 23.4 Å². The lowest BCUT2D eigenvalue weighted by molar-refractivity contribution is 0.340. The topological polar surface area (TPSA) is 83.0 Å². The summed E-state index contributed by atoms with van der Waals surface area (Å²) >= 11 is 7.23. The molecule has 1 heterocycles. The summed E-state index contributed by atoms with van der Waals surface area (Å²) in [5.41, 5.74) is 1.94. The van der Waals surface area contributed by atoms with Crippen molar-refractivity contribution in [1.29, 1.82) is 0 Å². The van der Waals surface area contributed by atoms with Gasteiger partial charge in [-0.3, -0.25) is 4.79 Å². The molecule has 0 atom stereocenters. The van der Waals surface area contributed by atoms with E-state index in [9.17, 15) is 4.79 Å². The smallest absolute Gasteiger partial charge is 0.294 e. The van der Waals surface area contributed by atoms with Gasteiger partial charge in [-0.05, 0) is 42.3 Å². The number of thioether (sulfide) groups is 1. The molecule has 0 aliphatic heterocycles. The summed E-state index contributed by atoms with van der Waals surface area (Å²) < 4.78 is 6.47. The third-order valence-corrected chi connectivity index (χ3v) is 5.08. The molecule has 0 saturated heterocycles. The molecule has 27 heavy (non-hydrogen) atoms. The van der Waals surface area contributed by atoms with Crippen molar-refractivity contribution in [2.75, 3.05) is 12.4 Å². The number of benzene rings is 2. The molecular formula is C19H19ClN4O2S. The van der Waals surface area contributed by atoms with Gasteiger partial charge in [0.15, 0.2) is 0 Å². The second-order valence-corrected chi connectivity index (χ2v) is 7.15. The Morgan fingerprint density at radius 2 is 1.74 bits per heavy atom. The predicted octanol–water partition coefficient (Wildman–Crippen LogP) is 3.29. The van der Waals surface area contributed by atoms with Crippen LogP contribution < -0.4 is 16.1 Å². The van der Waals surface area contributed by atoms with Gasteiger partial charge in [0.05, 0.1) is 6.61 Å². The zero-order valence-corrected chi connectivity index (χ0v) is 16.3. The SMILES string of the molecule is CCOc1ccc(Cc2nnc(SCc3ccc(Cl)cc3)n(N)c2=O)cc1. The quantitative estimate of drug-likeness (QED) is 0.482. The van der Waals surface area contributed by atoms with Gasteiger partial charge in [0.1, 0.15) is 11.4 Å². The van der Waals surface area contributed by atoms with Gasteiger partial charge in [-0.2, -0.15) is 4.68 Å². The highest BCUT2D eigenvalue weighted by atomic mass is 35.5. The summed E-state index contributed by atoms with van der Waals surface area (Å²) in [6.07, 6.45) is 0.359. The van der Waals surface area contributed by atoms with E-state index in [2.05, 4.69) is 10.2 Å². The second-order valence-electron chi connectivity index (χ2n) is 5.77. The maximum absolute atomic E-state index is 12.5. The Kier molecular flexibility index (Phi) is 6.36. The Morgan fingerprint density at radius 1 is 1.07 bits per heavy atom. The number of halogens is 1. The minimum absolute atomic E-state index is 0.303. The number of rotatable bonds is 7. The Hall–Kier alpha value is -2.51. The van der Waals surface area contributed by atoms with E-state index in [0.29, 0.717) is 34.7 Å². The van der Waals surface area contributed by atoms with E-state index in [1.54, 1.807) is 0 Å². The van der Waals surface area contributed by atoms with E-state index >= 15 is 0 Å². The van der Waals surface area contributed by atoms with Crippen LogP contribution >= 0.6 is 23.4 Å². The molecule has 0 bridgehead atoms. The van der Waals surface area contributed by atoms with Crippen LogP contribution in [0.4, 0.5) is 0 Å². The highest BCUT2D eigenvalue weighted by Gasteiger charge is 2.12. The molecule has 3 aromatic rings. The van der Waals surface area contributed by atoms with Gasteiger partial charge >= 0.3 is 0 Å². The normalized spacial score (nSPS) is 10.7. The molecule has 140 valence electrons. The van der Waals surface area contributed by atoms with E-state index in [1.165, 1.54) is 11.8 Å². The van der Waals surface area contributed by atoms with E-state index in [1.807, 2.05) is 55.5 Å². The standard InChI is InChI=1S/C19H19ClN4O2S/c1-2-26-16-9-5-13(6-10-16)11-17-18(25)24(21)19(23-22-17)27-12-14-3-7-15(20)8-4-14/h3-10H,2,11-12,21H2,1H3. The molecule has 0 fully saturated rings. The molecule has 6 nitrogen and oxygen atoms in total. The highest BCUT2D eigenvalue weighted by molar-refractivity contribution is 7.98. The van der Waals surface area contributed by atoms with Crippen LogP contribution in [-0.4, -0.2) is 21.5 Å². The van der Waals surface area contributed by atoms with Crippen LogP contribution in [0.1, 0.15) is 23.7 Å². The summed E-state index contributed by atoms with van der Waals surface area (Å²) in [6.45, 7) is 2.54. The number of ether oxygens (including phenoxy) is 1. The number of nitrogen functional groups attached to an aromatic ring is 1. The van der Waals surface area contributed by atoms with Crippen LogP contribution in [0.5, 0.6) is 5.75 Å². The van der Waals surface area contributed by atoms with Crippen LogP contribution in [0.3, 0.4) is 0 Å². The molecular weight excluding hydrogens is 384 g/mol. The fraction of sp³-hybridized carbons (Fsp3) is 0.211. The number of nitrogens with two attached hydrogens (primary N) is 1. The van der Waals surface area contributed by atoms with Crippen molar-refractivity contribution < 1.29 is 4.74 Å². The van der Waals surface area contributed by atoms with Crippen molar-refractivity contribution in [3.8, 4) is 5.75 Å². The van der Waals surface area contributed by atoms with E-state index < -0.39 is 0 Å². The van der Waals surface area contributed by atoms with Crippen molar-refractivity contribution in [3.63, 3.8) is 0 Å². The largest absolute Gasteiger partial charge is 0.494 e. The summed E-state index contributed by atoms with van der Waals surface area (Å²) in [5.74, 6) is 7.33. The fourth-order valence-electron chi connectivity index (χ4n) is 2.42. The number of hydrogen-bond acceptors (Lipinski definition) is 6. The molecule has 0 saturated carbocycles. The average molecular weight is 403 g/mol. The molecule has 1 aromatic heterocycles. The number of nitrogens with zero attached hydrogens (tertiary/aromatic N) is 3. The first-order valence-corrected chi connectivity index (χ1v) is 9.76. The van der Waals surface area contributed by atoms with Crippen LogP contribution in [0, 0.1) is 0 Å². The summed E-state index contributed by atoms with van der Waals surface area (Å²) in [7, 11) is 0. The van der Waals surface area contributed by atoms with Gasteiger partial charge in [0.25, 0.3) is 5.56 Å². The monoisotopic (exact) mass is 402 g/mol. The Balaban J connectivity index is 1.70. The summed E-state index contributed by atoms with van der Waals surface area (Å²) in [4.78, 5) is 12.5. The van der Waals surface area contributed by atoms with E-state index in [-0.39, 0.29) is 5.56 Å². The molecule has 0 aliphatic carbocycles. The van der Waals surface area contributed by atoms with Gasteiger partial charge in [-0.25, -0.2) is 0 Å². The molecule has 0 unspecified atom stereocenters. The number of aromatic nitrogens is 3. The lowest BCUT2D eigenvalue weighted by Gasteiger charge is -2.08.